The van der Waals surface area contributed by atoms with Gasteiger partial charge in [0, 0.05) is 25.9 Å². The Labute approximate surface area is 149 Å². The zero-order valence-corrected chi connectivity index (χ0v) is 14.4. The van der Waals surface area contributed by atoms with E-state index in [2.05, 4.69) is 10.2 Å². The molecule has 0 N–H and O–H groups in total. The van der Waals surface area contributed by atoms with Crippen LogP contribution in [0.5, 0.6) is 0 Å². The minimum Gasteiger partial charge on any atom is -0.336 e. The predicted octanol–water partition coefficient (Wildman–Crippen LogP) is 1.85. The van der Waals surface area contributed by atoms with Crippen molar-refractivity contribution >= 4 is 11.6 Å². The molecule has 0 aliphatic carbocycles. The number of aryl methyl sites for hydroxylation is 1. The quantitative estimate of drug-likeness (QED) is 0.497. The number of carbonyl (C=O) groups is 1. The number of nitro groups is 1. The number of hydrogen-bond acceptors (Lipinski definition) is 5. The van der Waals surface area contributed by atoms with Crippen molar-refractivity contribution in [3.63, 3.8) is 0 Å². The molecule has 3 rings (SSSR count). The summed E-state index contributed by atoms with van der Waals surface area (Å²) in [5.74, 6) is -0.100. The van der Waals surface area contributed by atoms with Gasteiger partial charge in [-0.15, -0.1) is 0 Å². The highest BCUT2D eigenvalue weighted by Gasteiger charge is 2.14. The minimum atomic E-state index is -0.483. The van der Waals surface area contributed by atoms with Gasteiger partial charge in [0.05, 0.1) is 23.7 Å². The molecule has 134 valence electrons. The van der Waals surface area contributed by atoms with Gasteiger partial charge < -0.3 is 4.90 Å². The largest absolute Gasteiger partial charge is 0.336 e. The molecule has 0 aliphatic heterocycles. The van der Waals surface area contributed by atoms with Crippen LogP contribution in [0.15, 0.2) is 48.9 Å². The summed E-state index contributed by atoms with van der Waals surface area (Å²) in [6.07, 6.45) is 4.42. The molecule has 3 aromatic rings. The Morgan fingerprint density at radius 1 is 1.27 bits per heavy atom. The fourth-order valence-corrected chi connectivity index (χ4v) is 2.56. The molecule has 2 aromatic heterocycles. The van der Waals surface area contributed by atoms with Crippen LogP contribution >= 0.6 is 0 Å². The number of amides is 1. The Kier molecular flexibility index (Phi) is 4.78. The van der Waals surface area contributed by atoms with Crippen molar-refractivity contribution in [1.82, 2.24) is 24.5 Å². The molecule has 1 aromatic carbocycles. The number of aromatic nitrogens is 4. The summed E-state index contributed by atoms with van der Waals surface area (Å²) >= 11 is 0. The predicted molar refractivity (Wildman–Crippen MR) is 93.4 cm³/mol. The smallest absolute Gasteiger partial charge is 0.307 e. The van der Waals surface area contributed by atoms with Crippen LogP contribution in [0.2, 0.25) is 0 Å². The molecular weight excluding hydrogens is 336 g/mol. The Morgan fingerprint density at radius 3 is 2.58 bits per heavy atom. The second-order valence-electron chi connectivity index (χ2n) is 5.99. The van der Waals surface area contributed by atoms with E-state index in [1.165, 1.54) is 17.1 Å². The summed E-state index contributed by atoms with van der Waals surface area (Å²) in [7, 11) is 3.56. The fraction of sp³-hybridized carbons (Fsp3) is 0.235. The van der Waals surface area contributed by atoms with Crippen molar-refractivity contribution in [2.75, 3.05) is 7.05 Å². The van der Waals surface area contributed by atoms with Crippen molar-refractivity contribution in [1.29, 1.82) is 0 Å². The Hall–Kier alpha value is -3.49. The first-order valence-corrected chi connectivity index (χ1v) is 7.92. The highest BCUT2D eigenvalue weighted by atomic mass is 16.6. The molecule has 0 radical (unpaired) electrons. The van der Waals surface area contributed by atoms with Crippen molar-refractivity contribution in [3.8, 4) is 0 Å². The van der Waals surface area contributed by atoms with E-state index in [0.29, 0.717) is 18.7 Å². The van der Waals surface area contributed by atoms with Gasteiger partial charge in [0.25, 0.3) is 5.91 Å². The van der Waals surface area contributed by atoms with Gasteiger partial charge in [0.2, 0.25) is 0 Å². The summed E-state index contributed by atoms with van der Waals surface area (Å²) < 4.78 is 3.18. The zero-order valence-electron chi connectivity index (χ0n) is 14.4. The van der Waals surface area contributed by atoms with Crippen molar-refractivity contribution in [2.45, 2.75) is 13.1 Å². The van der Waals surface area contributed by atoms with Crippen LogP contribution in [0.1, 0.15) is 21.6 Å². The van der Waals surface area contributed by atoms with E-state index in [1.54, 1.807) is 28.8 Å². The van der Waals surface area contributed by atoms with Crippen LogP contribution < -0.4 is 0 Å². The highest BCUT2D eigenvalue weighted by molar-refractivity contribution is 5.94. The first-order valence-electron chi connectivity index (χ1n) is 7.92. The third kappa shape index (κ3) is 3.94. The maximum absolute atomic E-state index is 12.5. The van der Waals surface area contributed by atoms with Crippen LogP contribution in [0.3, 0.4) is 0 Å². The summed E-state index contributed by atoms with van der Waals surface area (Å²) in [4.78, 5) is 24.3. The van der Waals surface area contributed by atoms with Gasteiger partial charge in [0.1, 0.15) is 12.4 Å². The van der Waals surface area contributed by atoms with Gasteiger partial charge in [-0.05, 0) is 23.8 Å². The number of hydrogen-bond donors (Lipinski definition) is 0. The van der Waals surface area contributed by atoms with E-state index in [0.717, 1.165) is 11.3 Å². The maximum Gasteiger partial charge on any atom is 0.307 e. The lowest BCUT2D eigenvalue weighted by Gasteiger charge is -2.16. The number of benzene rings is 1. The molecule has 0 spiro atoms. The minimum absolute atomic E-state index is 0.0482. The van der Waals surface area contributed by atoms with E-state index >= 15 is 0 Å². The lowest BCUT2D eigenvalue weighted by molar-refractivity contribution is -0.385. The van der Waals surface area contributed by atoms with Gasteiger partial charge in [-0.1, -0.05) is 12.1 Å². The number of nitrogens with zero attached hydrogens (tertiary/aromatic N) is 6. The topological polar surface area (TPSA) is 99.1 Å². The number of rotatable bonds is 6. The van der Waals surface area contributed by atoms with Gasteiger partial charge in [-0.25, -0.2) is 0 Å². The second-order valence-corrected chi connectivity index (χ2v) is 5.99. The van der Waals surface area contributed by atoms with Crippen LogP contribution in [-0.2, 0) is 20.1 Å². The molecule has 9 heteroatoms. The third-order valence-corrected chi connectivity index (χ3v) is 3.89. The van der Waals surface area contributed by atoms with Gasteiger partial charge in [-0.3, -0.25) is 24.3 Å². The zero-order chi connectivity index (χ0) is 18.7. The molecule has 0 saturated heterocycles. The second kappa shape index (κ2) is 7.18. The Morgan fingerprint density at radius 2 is 2.00 bits per heavy atom. The van der Waals surface area contributed by atoms with E-state index in [-0.39, 0.29) is 11.6 Å². The highest BCUT2D eigenvalue weighted by Crippen LogP contribution is 2.12. The van der Waals surface area contributed by atoms with E-state index < -0.39 is 4.92 Å². The van der Waals surface area contributed by atoms with Crippen LogP contribution in [0.4, 0.5) is 5.69 Å². The van der Waals surface area contributed by atoms with E-state index in [4.69, 9.17) is 0 Å². The van der Waals surface area contributed by atoms with Crippen LogP contribution in [0, 0.1) is 10.1 Å². The summed E-state index contributed by atoms with van der Waals surface area (Å²) in [5.41, 5.74) is 2.23. The molecule has 2 heterocycles. The van der Waals surface area contributed by atoms with E-state index in [9.17, 15) is 14.9 Å². The Bertz CT molecular complexity index is 928. The van der Waals surface area contributed by atoms with Crippen molar-refractivity contribution < 1.29 is 9.72 Å². The van der Waals surface area contributed by atoms with Crippen LogP contribution in [-0.4, -0.2) is 42.3 Å². The first-order chi connectivity index (χ1) is 12.4. The average Bonchev–Trinajstić information content (AvgIpc) is 3.24. The molecule has 0 unspecified atom stereocenters. The SMILES string of the molecule is CN(Cc1ccn(C)n1)C(=O)c1ccc(Cn2cc([N+](=O)[O-])cn2)cc1. The lowest BCUT2D eigenvalue weighted by atomic mass is 10.1. The molecular formula is C17H18N6O3. The van der Waals surface area contributed by atoms with Crippen LogP contribution in [0.25, 0.3) is 0 Å². The molecule has 0 saturated carbocycles. The van der Waals surface area contributed by atoms with Crippen molar-refractivity contribution in [3.05, 3.63) is 75.9 Å². The molecule has 0 aliphatic rings. The fourth-order valence-electron chi connectivity index (χ4n) is 2.56. The van der Waals surface area contributed by atoms with Gasteiger partial charge in [-0.2, -0.15) is 10.2 Å². The summed E-state index contributed by atoms with van der Waals surface area (Å²) in [6, 6.07) is 8.98. The molecule has 9 nitrogen and oxygen atoms in total. The van der Waals surface area contributed by atoms with Crippen molar-refractivity contribution in [2.24, 2.45) is 7.05 Å². The standard InChI is InChI=1S/C17H18N6O3/c1-20(11-15-7-8-21(2)19-15)17(24)14-5-3-13(4-6-14)10-22-12-16(9-18-22)23(25)26/h3-9,12H,10-11H2,1-2H3. The average molecular weight is 354 g/mol. The Balaban J connectivity index is 1.64. The number of carbonyl (C=O) groups excluding carboxylic acids is 1. The van der Waals surface area contributed by atoms with E-state index in [1.807, 2.05) is 31.4 Å². The summed E-state index contributed by atoms with van der Waals surface area (Å²) in [6.45, 7) is 0.824. The third-order valence-electron chi connectivity index (χ3n) is 3.89. The molecule has 0 bridgehead atoms. The molecule has 0 fully saturated rings. The summed E-state index contributed by atoms with van der Waals surface area (Å²) in [5, 5.41) is 18.9. The lowest BCUT2D eigenvalue weighted by Crippen LogP contribution is -2.26. The molecule has 0 atom stereocenters. The maximum atomic E-state index is 12.5. The first kappa shape index (κ1) is 17.3. The normalized spacial score (nSPS) is 10.7. The molecule has 1 amide bonds. The van der Waals surface area contributed by atoms with Gasteiger partial charge >= 0.3 is 5.69 Å². The monoisotopic (exact) mass is 354 g/mol. The van der Waals surface area contributed by atoms with Gasteiger partial charge in [0.15, 0.2) is 0 Å². The molecule has 26 heavy (non-hydrogen) atoms.